The van der Waals surface area contributed by atoms with Gasteiger partial charge in [-0.05, 0) is 30.7 Å². The van der Waals surface area contributed by atoms with Crippen molar-refractivity contribution in [2.75, 3.05) is 20.2 Å². The van der Waals surface area contributed by atoms with Gasteiger partial charge in [0.15, 0.2) is 0 Å². The largest absolute Gasteiger partial charge is 0.497 e. The Morgan fingerprint density at radius 3 is 2.77 bits per heavy atom. The molecule has 4 nitrogen and oxygen atoms in total. The molecule has 2 fully saturated rings. The number of carbonyl (C=O) groups is 1. The lowest BCUT2D eigenvalue weighted by Crippen LogP contribution is -2.39. The summed E-state index contributed by atoms with van der Waals surface area (Å²) >= 11 is 0. The molecule has 1 N–H and O–H groups in total. The third-order valence-electron chi connectivity index (χ3n) is 4.71. The van der Waals surface area contributed by atoms with Crippen LogP contribution in [0, 0.1) is 17.7 Å². The first-order chi connectivity index (χ1) is 10.6. The summed E-state index contributed by atoms with van der Waals surface area (Å²) in [6.07, 6.45) is 2.51. The second kappa shape index (κ2) is 6.24. The van der Waals surface area contributed by atoms with Crippen LogP contribution in [0.25, 0.3) is 0 Å². The van der Waals surface area contributed by atoms with Gasteiger partial charge < -0.3 is 10.1 Å². The lowest BCUT2D eigenvalue weighted by molar-refractivity contribution is -0.119. The van der Waals surface area contributed by atoms with E-state index >= 15 is 0 Å². The van der Waals surface area contributed by atoms with Crippen LogP contribution in [0.5, 0.6) is 5.75 Å². The average Bonchev–Trinajstić information content (AvgIpc) is 3.24. The number of likely N-dealkylation sites (tertiary alicyclic amines) is 1. The van der Waals surface area contributed by atoms with E-state index < -0.39 is 0 Å². The highest BCUT2D eigenvalue weighted by Gasteiger charge is 2.42. The quantitative estimate of drug-likeness (QED) is 0.906. The van der Waals surface area contributed by atoms with E-state index in [0.29, 0.717) is 23.8 Å². The van der Waals surface area contributed by atoms with Crippen molar-refractivity contribution in [2.45, 2.75) is 32.4 Å². The van der Waals surface area contributed by atoms with Crippen molar-refractivity contribution in [3.05, 3.63) is 29.6 Å². The van der Waals surface area contributed by atoms with Gasteiger partial charge in [0.05, 0.1) is 7.11 Å². The molecule has 0 spiro atoms. The highest BCUT2D eigenvalue weighted by atomic mass is 19.1. The van der Waals surface area contributed by atoms with Gasteiger partial charge in [-0.2, -0.15) is 0 Å². The fourth-order valence-corrected chi connectivity index (χ4v) is 3.48. The molecule has 2 atom stereocenters. The Hall–Kier alpha value is -1.62. The number of halogens is 1. The molecular formula is C17H23FN2O2. The average molecular weight is 306 g/mol. The predicted octanol–water partition coefficient (Wildman–Crippen LogP) is 2.18. The van der Waals surface area contributed by atoms with Crippen LogP contribution in [0.2, 0.25) is 0 Å². The van der Waals surface area contributed by atoms with E-state index in [0.717, 1.165) is 19.0 Å². The number of ether oxygens (including phenoxy) is 1. The summed E-state index contributed by atoms with van der Waals surface area (Å²) in [4.78, 5) is 13.6. The van der Waals surface area contributed by atoms with E-state index in [1.165, 1.54) is 26.0 Å². The van der Waals surface area contributed by atoms with Gasteiger partial charge in [-0.25, -0.2) is 4.39 Å². The summed E-state index contributed by atoms with van der Waals surface area (Å²) in [5.41, 5.74) is 0.679. The molecular weight excluding hydrogens is 283 g/mol. The minimum atomic E-state index is -0.231. The Bertz CT molecular complexity index is 560. The van der Waals surface area contributed by atoms with Gasteiger partial charge in [-0.1, -0.05) is 6.07 Å². The molecule has 1 aromatic carbocycles. The van der Waals surface area contributed by atoms with Crippen LogP contribution in [-0.4, -0.2) is 37.0 Å². The van der Waals surface area contributed by atoms with Crippen molar-refractivity contribution in [3.8, 4) is 5.75 Å². The molecule has 1 heterocycles. The fraction of sp³-hybridized carbons (Fsp3) is 0.588. The molecule has 3 rings (SSSR count). The maximum absolute atomic E-state index is 14.1. The van der Waals surface area contributed by atoms with Crippen molar-refractivity contribution in [1.29, 1.82) is 0 Å². The number of hydrogen-bond donors (Lipinski definition) is 1. The third kappa shape index (κ3) is 3.40. The van der Waals surface area contributed by atoms with Crippen molar-refractivity contribution >= 4 is 5.91 Å². The Balaban J connectivity index is 1.66. The van der Waals surface area contributed by atoms with Crippen molar-refractivity contribution in [3.63, 3.8) is 0 Å². The van der Waals surface area contributed by atoms with Crippen molar-refractivity contribution in [2.24, 2.45) is 11.8 Å². The monoisotopic (exact) mass is 306 g/mol. The van der Waals surface area contributed by atoms with E-state index in [9.17, 15) is 9.18 Å². The molecule has 0 aromatic heterocycles. The molecule has 0 radical (unpaired) electrons. The van der Waals surface area contributed by atoms with Crippen LogP contribution in [0.4, 0.5) is 4.39 Å². The second-order valence-electron chi connectivity index (χ2n) is 6.46. The van der Waals surface area contributed by atoms with Crippen LogP contribution < -0.4 is 10.1 Å². The zero-order valence-corrected chi connectivity index (χ0v) is 13.1. The predicted molar refractivity (Wildman–Crippen MR) is 82.0 cm³/mol. The molecule has 1 aliphatic heterocycles. The van der Waals surface area contributed by atoms with Crippen LogP contribution in [0.1, 0.15) is 25.3 Å². The molecule has 1 amide bonds. The van der Waals surface area contributed by atoms with Gasteiger partial charge in [0, 0.05) is 44.2 Å². The smallest absolute Gasteiger partial charge is 0.217 e. The van der Waals surface area contributed by atoms with E-state index in [4.69, 9.17) is 4.74 Å². The Morgan fingerprint density at radius 2 is 2.18 bits per heavy atom. The normalized spacial score (nSPS) is 25.2. The van der Waals surface area contributed by atoms with Gasteiger partial charge in [-0.15, -0.1) is 0 Å². The van der Waals surface area contributed by atoms with Crippen LogP contribution >= 0.6 is 0 Å². The zero-order chi connectivity index (χ0) is 15.7. The molecule has 0 bridgehead atoms. The minimum Gasteiger partial charge on any atom is -0.497 e. The maximum Gasteiger partial charge on any atom is 0.217 e. The first-order valence-electron chi connectivity index (χ1n) is 7.88. The van der Waals surface area contributed by atoms with Gasteiger partial charge in [0.25, 0.3) is 0 Å². The fourth-order valence-electron chi connectivity index (χ4n) is 3.48. The van der Waals surface area contributed by atoms with Crippen molar-refractivity contribution in [1.82, 2.24) is 10.2 Å². The number of benzene rings is 1. The van der Waals surface area contributed by atoms with Crippen molar-refractivity contribution < 1.29 is 13.9 Å². The Labute approximate surface area is 130 Å². The topological polar surface area (TPSA) is 41.6 Å². The second-order valence-corrected chi connectivity index (χ2v) is 6.46. The lowest BCUT2D eigenvalue weighted by atomic mass is 9.98. The molecule has 2 aliphatic rings. The van der Waals surface area contributed by atoms with E-state index in [1.807, 2.05) is 0 Å². The summed E-state index contributed by atoms with van der Waals surface area (Å²) in [7, 11) is 1.53. The lowest BCUT2D eigenvalue weighted by Gasteiger charge is -2.18. The first kappa shape index (κ1) is 15.3. The number of hydrogen-bond acceptors (Lipinski definition) is 3. The first-order valence-corrected chi connectivity index (χ1v) is 7.88. The van der Waals surface area contributed by atoms with E-state index in [2.05, 4.69) is 10.2 Å². The highest BCUT2D eigenvalue weighted by Crippen LogP contribution is 2.41. The zero-order valence-electron chi connectivity index (χ0n) is 13.1. The van der Waals surface area contributed by atoms with Gasteiger partial charge >= 0.3 is 0 Å². The van der Waals surface area contributed by atoms with Crippen LogP contribution in [0.15, 0.2) is 18.2 Å². The number of carbonyl (C=O) groups excluding carboxylic acids is 1. The number of methoxy groups -OCH3 is 1. The van der Waals surface area contributed by atoms with Crippen LogP contribution in [-0.2, 0) is 11.3 Å². The number of nitrogens with zero attached hydrogens (tertiary/aromatic N) is 1. The Morgan fingerprint density at radius 1 is 1.41 bits per heavy atom. The molecule has 1 aliphatic carbocycles. The molecule has 22 heavy (non-hydrogen) atoms. The minimum absolute atomic E-state index is 0.0214. The summed E-state index contributed by atoms with van der Waals surface area (Å²) in [6, 6.07) is 5.20. The van der Waals surface area contributed by atoms with E-state index in [1.54, 1.807) is 19.1 Å². The summed E-state index contributed by atoms with van der Waals surface area (Å²) in [5.74, 6) is 1.56. The summed E-state index contributed by atoms with van der Waals surface area (Å²) in [5, 5.41) is 3.07. The molecule has 5 heteroatoms. The standard InChI is InChI=1S/C17H23FN2O2/c1-11(21)19-17-10-20(9-15(17)12-3-4-12)8-13-5-6-14(22-2)7-16(13)18/h5-7,12,15,17H,3-4,8-10H2,1-2H3,(H,19,21). The number of rotatable bonds is 5. The molecule has 1 saturated carbocycles. The Kier molecular flexibility index (Phi) is 4.34. The van der Waals surface area contributed by atoms with Gasteiger partial charge in [0.2, 0.25) is 5.91 Å². The maximum atomic E-state index is 14.1. The summed E-state index contributed by atoms with van der Waals surface area (Å²) < 4.78 is 19.1. The van der Waals surface area contributed by atoms with Crippen LogP contribution in [0.3, 0.4) is 0 Å². The van der Waals surface area contributed by atoms with Gasteiger partial charge in [-0.3, -0.25) is 9.69 Å². The van der Waals surface area contributed by atoms with E-state index in [-0.39, 0.29) is 17.8 Å². The molecule has 120 valence electrons. The molecule has 1 aromatic rings. The molecule has 2 unspecified atom stereocenters. The van der Waals surface area contributed by atoms with Gasteiger partial charge in [0.1, 0.15) is 11.6 Å². The molecule has 1 saturated heterocycles. The highest BCUT2D eigenvalue weighted by molar-refractivity contribution is 5.73. The SMILES string of the molecule is COc1ccc(CN2CC(NC(C)=O)C(C3CC3)C2)c(F)c1. The third-order valence-corrected chi connectivity index (χ3v) is 4.71. The number of amides is 1. The number of nitrogens with one attached hydrogen (secondary N) is 1. The summed E-state index contributed by atoms with van der Waals surface area (Å²) in [6.45, 7) is 3.87.